The number of nitro groups is 1. The zero-order valence-corrected chi connectivity index (χ0v) is 21.0. The van der Waals surface area contributed by atoms with Gasteiger partial charge in [-0.05, 0) is 43.5 Å². The van der Waals surface area contributed by atoms with Crippen LogP contribution in [0.5, 0.6) is 11.5 Å². The molecule has 1 atom stereocenters. The monoisotopic (exact) mass is 523 g/mol. The molecule has 1 fully saturated rings. The summed E-state index contributed by atoms with van der Waals surface area (Å²) >= 11 is 12.3. The van der Waals surface area contributed by atoms with Gasteiger partial charge in [0, 0.05) is 34.8 Å². The Morgan fingerprint density at radius 3 is 2.54 bits per heavy atom. The molecule has 1 aliphatic rings. The van der Waals surface area contributed by atoms with Gasteiger partial charge >= 0.3 is 5.69 Å². The van der Waals surface area contributed by atoms with Crippen LogP contribution in [-0.2, 0) is 16.1 Å². The first-order chi connectivity index (χ1) is 16.7. The minimum Gasteiger partial charge on any atom is -0.490 e. The van der Waals surface area contributed by atoms with Gasteiger partial charge in [0.25, 0.3) is 5.91 Å². The molecule has 0 aliphatic heterocycles. The molecule has 1 N–H and O–H groups in total. The van der Waals surface area contributed by atoms with Crippen LogP contribution in [0.1, 0.15) is 38.2 Å². The van der Waals surface area contributed by atoms with Crippen LogP contribution in [0.25, 0.3) is 0 Å². The molecule has 1 saturated carbocycles. The molecule has 188 valence electrons. The quantitative estimate of drug-likeness (QED) is 0.354. The number of halogens is 2. The molecule has 0 radical (unpaired) electrons. The number of nitrogens with zero attached hydrogens (tertiary/aromatic N) is 2. The highest BCUT2D eigenvalue weighted by Gasteiger charge is 2.29. The van der Waals surface area contributed by atoms with Crippen LogP contribution in [0.3, 0.4) is 0 Å². The molecule has 3 rings (SSSR count). The van der Waals surface area contributed by atoms with Gasteiger partial charge in [-0.1, -0.05) is 42.1 Å². The topological polar surface area (TPSA) is 111 Å². The molecule has 0 heterocycles. The highest BCUT2D eigenvalue weighted by atomic mass is 35.5. The lowest BCUT2D eigenvalue weighted by Gasteiger charge is -2.30. The van der Waals surface area contributed by atoms with Crippen molar-refractivity contribution in [2.75, 3.05) is 13.7 Å². The van der Waals surface area contributed by atoms with Crippen LogP contribution in [0.4, 0.5) is 5.69 Å². The zero-order chi connectivity index (χ0) is 25.5. The van der Waals surface area contributed by atoms with E-state index in [9.17, 15) is 19.7 Å². The van der Waals surface area contributed by atoms with Gasteiger partial charge in [-0.15, -0.1) is 0 Å². The Balaban J connectivity index is 1.77. The Kier molecular flexibility index (Phi) is 9.17. The van der Waals surface area contributed by atoms with Gasteiger partial charge < -0.3 is 19.7 Å². The van der Waals surface area contributed by atoms with Crippen molar-refractivity contribution in [3.05, 3.63) is 62.1 Å². The largest absolute Gasteiger partial charge is 0.490 e. The van der Waals surface area contributed by atoms with Crippen molar-refractivity contribution in [2.45, 2.75) is 51.2 Å². The molecule has 0 spiro atoms. The molecule has 9 nitrogen and oxygen atoms in total. The van der Waals surface area contributed by atoms with E-state index in [1.807, 2.05) is 0 Å². The van der Waals surface area contributed by atoms with Crippen molar-refractivity contribution in [2.24, 2.45) is 0 Å². The molecule has 2 aromatic rings. The second-order valence-corrected chi connectivity index (χ2v) is 9.15. The molecule has 35 heavy (non-hydrogen) atoms. The summed E-state index contributed by atoms with van der Waals surface area (Å²) in [5.74, 6) is -0.489. The Morgan fingerprint density at radius 1 is 1.20 bits per heavy atom. The van der Waals surface area contributed by atoms with Crippen LogP contribution >= 0.6 is 23.2 Å². The average Bonchev–Trinajstić information content (AvgIpc) is 3.34. The zero-order valence-electron chi connectivity index (χ0n) is 19.5. The Morgan fingerprint density at radius 2 is 1.91 bits per heavy atom. The maximum atomic E-state index is 13.2. The molecule has 0 bridgehead atoms. The fraction of sp³-hybridized carbons (Fsp3) is 0.417. The van der Waals surface area contributed by atoms with Gasteiger partial charge in [0.05, 0.1) is 12.0 Å². The van der Waals surface area contributed by atoms with E-state index in [-0.39, 0.29) is 35.7 Å². The summed E-state index contributed by atoms with van der Waals surface area (Å²) in [6.07, 6.45) is 3.96. The molecule has 1 aliphatic carbocycles. The third kappa shape index (κ3) is 6.99. The Labute approximate surface area is 213 Å². The molecule has 2 aromatic carbocycles. The number of ether oxygens (including phenoxy) is 2. The van der Waals surface area contributed by atoms with Gasteiger partial charge in [-0.25, -0.2) is 0 Å². The first-order valence-electron chi connectivity index (χ1n) is 11.2. The predicted molar refractivity (Wildman–Crippen MR) is 132 cm³/mol. The highest BCUT2D eigenvalue weighted by molar-refractivity contribution is 6.35. The molecule has 0 saturated heterocycles. The van der Waals surface area contributed by atoms with Crippen molar-refractivity contribution in [1.82, 2.24) is 10.2 Å². The summed E-state index contributed by atoms with van der Waals surface area (Å²) in [5.41, 5.74) is 0.407. The van der Waals surface area contributed by atoms with Gasteiger partial charge in [-0.3, -0.25) is 19.7 Å². The smallest absolute Gasteiger partial charge is 0.311 e. The van der Waals surface area contributed by atoms with Crippen molar-refractivity contribution >= 4 is 40.7 Å². The van der Waals surface area contributed by atoms with Crippen LogP contribution in [0, 0.1) is 10.1 Å². The van der Waals surface area contributed by atoms with E-state index in [0.717, 1.165) is 25.7 Å². The second kappa shape index (κ2) is 12.1. The minimum absolute atomic E-state index is 0.00839. The number of hydrogen-bond acceptors (Lipinski definition) is 6. The molecular weight excluding hydrogens is 497 g/mol. The van der Waals surface area contributed by atoms with E-state index in [1.165, 1.54) is 30.2 Å². The standard InChI is InChI=1S/C24H27Cl2N3O6/c1-15(24(31)27-18-5-3-4-6-18)28(13-16-7-8-17(25)11-20(16)26)23(30)14-35-19-9-10-21(29(32)33)22(12-19)34-2/h7-12,15,18H,3-6,13-14H2,1-2H3,(H,27,31)/t15-/m0/s1. The summed E-state index contributed by atoms with van der Waals surface area (Å²) in [4.78, 5) is 38.1. The average molecular weight is 524 g/mol. The number of hydrogen-bond donors (Lipinski definition) is 1. The number of amides is 2. The van der Waals surface area contributed by atoms with Gasteiger partial charge in [0.15, 0.2) is 6.61 Å². The van der Waals surface area contributed by atoms with E-state index in [1.54, 1.807) is 25.1 Å². The minimum atomic E-state index is -0.787. The third-order valence-electron chi connectivity index (χ3n) is 5.93. The van der Waals surface area contributed by atoms with Crippen LogP contribution < -0.4 is 14.8 Å². The normalized spacial score (nSPS) is 14.3. The van der Waals surface area contributed by atoms with E-state index in [2.05, 4.69) is 5.32 Å². The van der Waals surface area contributed by atoms with Crippen LogP contribution in [0.2, 0.25) is 10.0 Å². The SMILES string of the molecule is COc1cc(OCC(=O)N(Cc2ccc(Cl)cc2Cl)[C@@H](C)C(=O)NC2CCCC2)ccc1[N+](=O)[O-]. The van der Waals surface area contributed by atoms with Crippen LogP contribution in [-0.4, -0.2) is 47.4 Å². The maximum absolute atomic E-state index is 13.2. The molecular formula is C24H27Cl2N3O6. The van der Waals surface area contributed by atoms with E-state index < -0.39 is 23.5 Å². The Hall–Kier alpha value is -3.04. The number of benzene rings is 2. The molecule has 11 heteroatoms. The number of nitro benzene ring substituents is 1. The van der Waals surface area contributed by atoms with E-state index >= 15 is 0 Å². The van der Waals surface area contributed by atoms with Crippen LogP contribution in [0.15, 0.2) is 36.4 Å². The highest BCUT2D eigenvalue weighted by Crippen LogP contribution is 2.31. The van der Waals surface area contributed by atoms with Crippen molar-refractivity contribution in [3.8, 4) is 11.5 Å². The van der Waals surface area contributed by atoms with Crippen molar-refractivity contribution in [3.63, 3.8) is 0 Å². The van der Waals surface area contributed by atoms with Gasteiger partial charge in [-0.2, -0.15) is 0 Å². The fourth-order valence-corrected chi connectivity index (χ4v) is 4.40. The maximum Gasteiger partial charge on any atom is 0.311 e. The lowest BCUT2D eigenvalue weighted by molar-refractivity contribution is -0.385. The lowest BCUT2D eigenvalue weighted by atomic mass is 10.1. The lowest BCUT2D eigenvalue weighted by Crippen LogP contribution is -2.50. The Bertz CT molecular complexity index is 1090. The van der Waals surface area contributed by atoms with Crippen molar-refractivity contribution < 1.29 is 24.0 Å². The number of nitrogens with one attached hydrogen (secondary N) is 1. The van der Waals surface area contributed by atoms with Crippen molar-refractivity contribution in [1.29, 1.82) is 0 Å². The summed E-state index contributed by atoms with van der Waals surface area (Å²) < 4.78 is 10.6. The van der Waals surface area contributed by atoms with Gasteiger partial charge in [0.2, 0.25) is 11.7 Å². The second-order valence-electron chi connectivity index (χ2n) is 8.30. The number of carbonyl (C=O) groups excluding carboxylic acids is 2. The number of rotatable bonds is 10. The van der Waals surface area contributed by atoms with Gasteiger partial charge in [0.1, 0.15) is 11.8 Å². The molecule has 0 aromatic heterocycles. The number of methoxy groups -OCH3 is 1. The summed E-state index contributed by atoms with van der Waals surface area (Å²) in [5, 5.41) is 15.0. The van der Waals surface area contributed by atoms with E-state index in [0.29, 0.717) is 15.6 Å². The summed E-state index contributed by atoms with van der Waals surface area (Å²) in [6, 6.07) is 8.20. The molecule has 0 unspecified atom stereocenters. The first-order valence-corrected chi connectivity index (χ1v) is 11.9. The first kappa shape index (κ1) is 26.6. The summed E-state index contributed by atoms with van der Waals surface area (Å²) in [6.45, 7) is 1.33. The molecule has 2 amide bonds. The fourth-order valence-electron chi connectivity index (χ4n) is 3.93. The summed E-state index contributed by atoms with van der Waals surface area (Å²) in [7, 11) is 1.31. The third-order valence-corrected chi connectivity index (χ3v) is 6.52. The predicted octanol–water partition coefficient (Wildman–Crippen LogP) is 4.77. The number of carbonyl (C=O) groups is 2. The van der Waals surface area contributed by atoms with E-state index in [4.69, 9.17) is 32.7 Å².